The first kappa shape index (κ1) is 15.4. The Kier molecular flexibility index (Phi) is 4.00. The molecule has 0 atom stereocenters. The van der Waals surface area contributed by atoms with Crippen molar-refractivity contribution in [2.75, 3.05) is 4.72 Å². The van der Waals surface area contributed by atoms with Crippen molar-refractivity contribution < 1.29 is 12.8 Å². The highest BCUT2D eigenvalue weighted by molar-refractivity contribution is 7.92. The van der Waals surface area contributed by atoms with Gasteiger partial charge in [0.25, 0.3) is 10.0 Å². The Morgan fingerprint density at radius 1 is 1.05 bits per heavy atom. The fourth-order valence-corrected chi connectivity index (χ4v) is 2.80. The molecule has 0 saturated carbocycles. The molecule has 1 aromatic carbocycles. The van der Waals surface area contributed by atoms with Crippen LogP contribution in [0.2, 0.25) is 0 Å². The lowest BCUT2D eigenvalue weighted by Crippen LogP contribution is -2.15. The third-order valence-electron chi connectivity index (χ3n) is 2.98. The van der Waals surface area contributed by atoms with Crippen molar-refractivity contribution >= 4 is 15.8 Å². The van der Waals surface area contributed by atoms with Gasteiger partial charge in [0, 0.05) is 0 Å². The van der Waals surface area contributed by atoms with Crippen LogP contribution >= 0.6 is 0 Å². The van der Waals surface area contributed by atoms with E-state index in [2.05, 4.69) is 9.71 Å². The summed E-state index contributed by atoms with van der Waals surface area (Å²) >= 11 is 0. The largest absolute Gasteiger partial charge is 0.263 e. The molecule has 0 amide bonds. The standard InChI is InChI=1S/C15H17FN2O2S/c1-15(2,3)11-7-9-12(10-8-11)21(19,20)18-14-6-4-5-13(16)17-14/h4-10H,1-3H3,(H,17,18). The number of sulfonamides is 1. The summed E-state index contributed by atoms with van der Waals surface area (Å²) in [5.41, 5.74) is 0.977. The predicted octanol–water partition coefficient (Wildman–Crippen LogP) is 3.32. The summed E-state index contributed by atoms with van der Waals surface area (Å²) in [4.78, 5) is 3.60. The van der Waals surface area contributed by atoms with Crippen LogP contribution in [-0.2, 0) is 15.4 Å². The van der Waals surface area contributed by atoms with E-state index in [-0.39, 0.29) is 16.1 Å². The third kappa shape index (κ3) is 3.78. The fourth-order valence-electron chi connectivity index (χ4n) is 1.80. The highest BCUT2D eigenvalue weighted by Crippen LogP contribution is 2.24. The van der Waals surface area contributed by atoms with Gasteiger partial charge in [-0.2, -0.15) is 4.39 Å². The van der Waals surface area contributed by atoms with E-state index in [1.54, 1.807) is 12.1 Å². The summed E-state index contributed by atoms with van der Waals surface area (Å²) in [7, 11) is -3.77. The molecular formula is C15H17FN2O2S. The molecule has 1 heterocycles. The van der Waals surface area contributed by atoms with E-state index in [4.69, 9.17) is 0 Å². The minimum Gasteiger partial charge on any atom is -0.263 e. The molecule has 2 rings (SSSR count). The van der Waals surface area contributed by atoms with Gasteiger partial charge in [0.05, 0.1) is 4.90 Å². The van der Waals surface area contributed by atoms with Crippen molar-refractivity contribution in [2.24, 2.45) is 0 Å². The monoisotopic (exact) mass is 308 g/mol. The Hall–Kier alpha value is -1.95. The van der Waals surface area contributed by atoms with Gasteiger partial charge in [-0.1, -0.05) is 39.0 Å². The number of benzene rings is 1. The summed E-state index contributed by atoms with van der Waals surface area (Å²) in [6.07, 6.45) is 0. The van der Waals surface area contributed by atoms with Gasteiger partial charge in [-0.05, 0) is 35.2 Å². The molecule has 21 heavy (non-hydrogen) atoms. The second-order valence-corrected chi connectivity index (χ2v) is 7.41. The summed E-state index contributed by atoms with van der Waals surface area (Å²) in [6.45, 7) is 6.14. The zero-order valence-electron chi connectivity index (χ0n) is 12.1. The Balaban J connectivity index is 2.28. The second kappa shape index (κ2) is 5.44. The van der Waals surface area contributed by atoms with E-state index < -0.39 is 16.0 Å². The first-order valence-electron chi connectivity index (χ1n) is 6.44. The normalized spacial score (nSPS) is 12.2. The average molecular weight is 308 g/mol. The molecule has 0 radical (unpaired) electrons. The molecule has 0 unspecified atom stereocenters. The molecule has 0 spiro atoms. The van der Waals surface area contributed by atoms with Crippen molar-refractivity contribution in [3.8, 4) is 0 Å². The van der Waals surface area contributed by atoms with Crippen LogP contribution in [0.15, 0.2) is 47.4 Å². The lowest BCUT2D eigenvalue weighted by Gasteiger charge is -2.19. The van der Waals surface area contributed by atoms with Crippen LogP contribution in [0.25, 0.3) is 0 Å². The van der Waals surface area contributed by atoms with E-state index in [0.29, 0.717) is 0 Å². The molecule has 2 aromatic rings. The number of halogens is 1. The van der Waals surface area contributed by atoms with Crippen molar-refractivity contribution in [1.29, 1.82) is 0 Å². The van der Waals surface area contributed by atoms with E-state index in [9.17, 15) is 12.8 Å². The first-order valence-corrected chi connectivity index (χ1v) is 7.93. The summed E-state index contributed by atoms with van der Waals surface area (Å²) < 4.78 is 39.6. The van der Waals surface area contributed by atoms with Gasteiger partial charge in [0.1, 0.15) is 5.82 Å². The Bertz CT molecular complexity index is 735. The quantitative estimate of drug-likeness (QED) is 0.885. The third-order valence-corrected chi connectivity index (χ3v) is 4.36. The minimum atomic E-state index is -3.77. The van der Waals surface area contributed by atoms with E-state index in [1.807, 2.05) is 20.8 Å². The van der Waals surface area contributed by atoms with Crippen LogP contribution in [-0.4, -0.2) is 13.4 Å². The van der Waals surface area contributed by atoms with Gasteiger partial charge in [0.2, 0.25) is 5.95 Å². The molecule has 6 heteroatoms. The maximum Gasteiger partial charge on any atom is 0.263 e. The van der Waals surface area contributed by atoms with Gasteiger partial charge in [-0.15, -0.1) is 0 Å². The van der Waals surface area contributed by atoms with Crippen molar-refractivity contribution in [1.82, 2.24) is 4.98 Å². The number of nitrogens with one attached hydrogen (secondary N) is 1. The summed E-state index contributed by atoms with van der Waals surface area (Å²) in [6, 6.07) is 10.5. The van der Waals surface area contributed by atoms with E-state index in [0.717, 1.165) is 11.6 Å². The Morgan fingerprint density at radius 3 is 2.19 bits per heavy atom. The minimum absolute atomic E-state index is 0.0464. The number of nitrogens with zero attached hydrogens (tertiary/aromatic N) is 1. The number of hydrogen-bond acceptors (Lipinski definition) is 3. The summed E-state index contributed by atoms with van der Waals surface area (Å²) in [5.74, 6) is -0.784. The molecule has 1 N–H and O–H groups in total. The van der Waals surface area contributed by atoms with Crippen molar-refractivity contribution in [2.45, 2.75) is 31.1 Å². The SMILES string of the molecule is CC(C)(C)c1ccc(S(=O)(=O)Nc2cccc(F)n2)cc1. The zero-order valence-corrected chi connectivity index (χ0v) is 12.9. The predicted molar refractivity (Wildman–Crippen MR) is 80.1 cm³/mol. The lowest BCUT2D eigenvalue weighted by atomic mass is 9.87. The van der Waals surface area contributed by atoms with Crippen LogP contribution in [0.1, 0.15) is 26.3 Å². The number of anilines is 1. The first-order chi connectivity index (χ1) is 9.68. The van der Waals surface area contributed by atoms with Gasteiger partial charge >= 0.3 is 0 Å². The molecule has 0 saturated heterocycles. The highest BCUT2D eigenvalue weighted by atomic mass is 32.2. The summed E-state index contributed by atoms with van der Waals surface area (Å²) in [5, 5.41) is 0. The molecular weight excluding hydrogens is 291 g/mol. The van der Waals surface area contributed by atoms with Crippen LogP contribution in [0.3, 0.4) is 0 Å². The second-order valence-electron chi connectivity index (χ2n) is 5.73. The van der Waals surface area contributed by atoms with Crippen LogP contribution < -0.4 is 4.72 Å². The van der Waals surface area contributed by atoms with Gasteiger partial charge in [-0.25, -0.2) is 13.4 Å². The van der Waals surface area contributed by atoms with Crippen molar-refractivity contribution in [3.63, 3.8) is 0 Å². The van der Waals surface area contributed by atoms with Gasteiger partial charge < -0.3 is 0 Å². The number of hydrogen-bond donors (Lipinski definition) is 1. The van der Waals surface area contributed by atoms with E-state index >= 15 is 0 Å². The molecule has 4 nitrogen and oxygen atoms in total. The van der Waals surface area contributed by atoms with Crippen LogP contribution in [0, 0.1) is 5.95 Å². The Morgan fingerprint density at radius 2 is 1.67 bits per heavy atom. The maximum atomic E-state index is 13.0. The number of aromatic nitrogens is 1. The van der Waals surface area contributed by atoms with Gasteiger partial charge in [-0.3, -0.25) is 4.72 Å². The number of rotatable bonds is 3. The Labute approximate surface area is 124 Å². The van der Waals surface area contributed by atoms with E-state index in [1.165, 1.54) is 24.3 Å². The fraction of sp³-hybridized carbons (Fsp3) is 0.267. The smallest absolute Gasteiger partial charge is 0.263 e. The molecule has 1 aromatic heterocycles. The molecule has 112 valence electrons. The van der Waals surface area contributed by atoms with Crippen molar-refractivity contribution in [3.05, 3.63) is 54.0 Å². The molecule has 0 aliphatic carbocycles. The maximum absolute atomic E-state index is 13.0. The molecule has 0 bridgehead atoms. The average Bonchev–Trinajstić information content (AvgIpc) is 2.37. The van der Waals surface area contributed by atoms with Crippen LogP contribution in [0.4, 0.5) is 10.2 Å². The molecule has 0 aliphatic rings. The van der Waals surface area contributed by atoms with Gasteiger partial charge in [0.15, 0.2) is 0 Å². The number of pyridine rings is 1. The molecule has 0 fully saturated rings. The highest BCUT2D eigenvalue weighted by Gasteiger charge is 2.18. The lowest BCUT2D eigenvalue weighted by molar-refractivity contribution is 0.583. The topological polar surface area (TPSA) is 59.1 Å². The van der Waals surface area contributed by atoms with Crippen LogP contribution in [0.5, 0.6) is 0 Å². The molecule has 0 aliphatic heterocycles. The zero-order chi connectivity index (χ0) is 15.7.